The van der Waals surface area contributed by atoms with Crippen LogP contribution in [0.15, 0.2) is 39.8 Å². The van der Waals surface area contributed by atoms with E-state index in [0.29, 0.717) is 11.7 Å². The first kappa shape index (κ1) is 10.6. The number of benzene rings is 1. The highest BCUT2D eigenvalue weighted by Gasteiger charge is 2.08. The van der Waals surface area contributed by atoms with Gasteiger partial charge in [-0.1, -0.05) is 17.3 Å². The second-order valence-corrected chi connectivity index (χ2v) is 3.90. The van der Waals surface area contributed by atoms with Crippen LogP contribution in [0, 0.1) is 6.92 Å². The van der Waals surface area contributed by atoms with Crippen LogP contribution in [0.5, 0.6) is 0 Å². The molecule has 6 heteroatoms. The van der Waals surface area contributed by atoms with Gasteiger partial charge in [0.05, 0.1) is 23.8 Å². The average molecular weight is 242 g/mol. The Morgan fingerprint density at radius 2 is 2.17 bits per heavy atom. The third-order valence-electron chi connectivity index (χ3n) is 2.62. The molecule has 0 aliphatic heterocycles. The summed E-state index contributed by atoms with van der Waals surface area (Å²) in [6.07, 6.45) is 1.30. The van der Waals surface area contributed by atoms with Gasteiger partial charge in [0.1, 0.15) is 0 Å². The van der Waals surface area contributed by atoms with Gasteiger partial charge in [-0.2, -0.15) is 4.98 Å². The molecule has 0 bridgehead atoms. The lowest BCUT2D eigenvalue weighted by molar-refractivity contribution is 0.386. The van der Waals surface area contributed by atoms with E-state index < -0.39 is 0 Å². The van der Waals surface area contributed by atoms with Gasteiger partial charge < -0.3 is 4.52 Å². The van der Waals surface area contributed by atoms with Crippen LogP contribution in [-0.2, 0) is 6.54 Å². The van der Waals surface area contributed by atoms with Gasteiger partial charge in [0.25, 0.3) is 5.56 Å². The zero-order chi connectivity index (χ0) is 12.5. The van der Waals surface area contributed by atoms with E-state index in [-0.39, 0.29) is 12.1 Å². The van der Waals surface area contributed by atoms with Crippen LogP contribution >= 0.6 is 0 Å². The summed E-state index contributed by atoms with van der Waals surface area (Å²) in [6, 6.07) is 7.44. The molecule has 18 heavy (non-hydrogen) atoms. The van der Waals surface area contributed by atoms with Gasteiger partial charge in [-0.3, -0.25) is 9.36 Å². The van der Waals surface area contributed by atoms with Crippen molar-refractivity contribution in [2.24, 2.45) is 0 Å². The number of para-hydroxylation sites is 2. The molecule has 0 amide bonds. The maximum absolute atomic E-state index is 11.9. The maximum Gasteiger partial charge on any atom is 0.269 e. The van der Waals surface area contributed by atoms with Crippen molar-refractivity contribution in [3.05, 3.63) is 52.5 Å². The zero-order valence-corrected chi connectivity index (χ0v) is 9.70. The van der Waals surface area contributed by atoms with Gasteiger partial charge in [-0.15, -0.1) is 0 Å². The van der Waals surface area contributed by atoms with Crippen molar-refractivity contribution in [2.45, 2.75) is 13.5 Å². The fraction of sp³-hybridized carbons (Fsp3) is 0.167. The molecular formula is C12H10N4O2. The molecule has 0 fully saturated rings. The van der Waals surface area contributed by atoms with E-state index in [1.165, 1.54) is 6.20 Å². The van der Waals surface area contributed by atoms with Crippen LogP contribution in [0.1, 0.15) is 11.7 Å². The molecule has 2 aromatic heterocycles. The van der Waals surface area contributed by atoms with Crippen molar-refractivity contribution in [2.75, 3.05) is 0 Å². The third kappa shape index (κ3) is 1.77. The van der Waals surface area contributed by atoms with Crippen molar-refractivity contribution in [1.29, 1.82) is 0 Å². The van der Waals surface area contributed by atoms with E-state index in [0.717, 1.165) is 11.0 Å². The molecule has 3 rings (SSSR count). The number of nitrogens with zero attached hydrogens (tertiary/aromatic N) is 4. The Morgan fingerprint density at radius 3 is 2.94 bits per heavy atom. The van der Waals surface area contributed by atoms with Gasteiger partial charge in [0, 0.05) is 6.92 Å². The van der Waals surface area contributed by atoms with Gasteiger partial charge in [0.2, 0.25) is 5.89 Å². The van der Waals surface area contributed by atoms with E-state index in [4.69, 9.17) is 4.52 Å². The van der Waals surface area contributed by atoms with Gasteiger partial charge in [-0.25, -0.2) is 4.98 Å². The average Bonchev–Trinajstić information content (AvgIpc) is 2.79. The summed E-state index contributed by atoms with van der Waals surface area (Å²) in [5, 5.41) is 3.79. The predicted molar refractivity (Wildman–Crippen MR) is 64.1 cm³/mol. The van der Waals surface area contributed by atoms with Crippen LogP contribution in [-0.4, -0.2) is 19.7 Å². The van der Waals surface area contributed by atoms with E-state index in [2.05, 4.69) is 15.1 Å². The summed E-state index contributed by atoms with van der Waals surface area (Å²) < 4.78 is 6.47. The summed E-state index contributed by atoms with van der Waals surface area (Å²) in [5.74, 6) is 0.961. The molecule has 0 saturated heterocycles. The Labute approximate surface area is 102 Å². The minimum Gasteiger partial charge on any atom is -0.340 e. The normalized spacial score (nSPS) is 10.9. The highest BCUT2D eigenvalue weighted by Crippen LogP contribution is 2.09. The van der Waals surface area contributed by atoms with Crippen LogP contribution in [0.3, 0.4) is 0 Å². The van der Waals surface area contributed by atoms with Crippen molar-refractivity contribution in [3.8, 4) is 0 Å². The highest BCUT2D eigenvalue weighted by atomic mass is 16.5. The van der Waals surface area contributed by atoms with Crippen molar-refractivity contribution < 1.29 is 4.52 Å². The molecule has 0 spiro atoms. The molecule has 1 aromatic carbocycles. The highest BCUT2D eigenvalue weighted by molar-refractivity contribution is 5.74. The van der Waals surface area contributed by atoms with Gasteiger partial charge in [-0.05, 0) is 12.1 Å². The molecule has 0 radical (unpaired) electrons. The van der Waals surface area contributed by atoms with Crippen LogP contribution < -0.4 is 5.56 Å². The lowest BCUT2D eigenvalue weighted by atomic mass is 10.3. The molecule has 0 unspecified atom stereocenters. The lowest BCUT2D eigenvalue weighted by Gasteiger charge is -2.06. The smallest absolute Gasteiger partial charge is 0.269 e. The van der Waals surface area contributed by atoms with Crippen molar-refractivity contribution in [3.63, 3.8) is 0 Å². The predicted octanol–water partition coefficient (Wildman–Crippen LogP) is 1.14. The second-order valence-electron chi connectivity index (χ2n) is 3.90. The van der Waals surface area contributed by atoms with Crippen LogP contribution in [0.2, 0.25) is 0 Å². The topological polar surface area (TPSA) is 73.8 Å². The van der Waals surface area contributed by atoms with Gasteiger partial charge >= 0.3 is 0 Å². The number of aryl methyl sites for hydroxylation is 1. The van der Waals surface area contributed by atoms with E-state index >= 15 is 0 Å². The number of fused-ring (bicyclic) bond motifs is 1. The molecule has 3 aromatic rings. The summed E-state index contributed by atoms with van der Waals surface area (Å²) in [7, 11) is 0. The quantitative estimate of drug-likeness (QED) is 0.673. The molecule has 0 saturated carbocycles. The minimum atomic E-state index is -0.184. The first-order chi connectivity index (χ1) is 8.74. The monoisotopic (exact) mass is 242 g/mol. The molecule has 6 nitrogen and oxygen atoms in total. The molecule has 0 N–H and O–H groups in total. The Kier molecular flexibility index (Phi) is 2.40. The second kappa shape index (κ2) is 4.06. The molecular weight excluding hydrogens is 232 g/mol. The lowest BCUT2D eigenvalue weighted by Crippen LogP contribution is -2.21. The zero-order valence-electron chi connectivity index (χ0n) is 9.70. The van der Waals surface area contributed by atoms with Crippen LogP contribution in [0.25, 0.3) is 11.0 Å². The van der Waals surface area contributed by atoms with Crippen LogP contribution in [0.4, 0.5) is 0 Å². The SMILES string of the molecule is Cc1nc(Cn2c(=O)cnc3ccccc32)no1. The summed E-state index contributed by atoms with van der Waals surface area (Å²) in [6.45, 7) is 1.99. The molecule has 0 atom stereocenters. The number of aromatic nitrogens is 4. The first-order valence-electron chi connectivity index (χ1n) is 5.48. The summed E-state index contributed by atoms with van der Waals surface area (Å²) in [4.78, 5) is 20.0. The summed E-state index contributed by atoms with van der Waals surface area (Å²) in [5.41, 5.74) is 1.33. The molecule has 2 heterocycles. The van der Waals surface area contributed by atoms with Crippen molar-refractivity contribution >= 4 is 11.0 Å². The summed E-state index contributed by atoms with van der Waals surface area (Å²) >= 11 is 0. The standard InChI is InChI=1S/C12H10N4O2/c1-8-14-11(15-18-8)7-16-10-5-3-2-4-9(10)13-6-12(16)17/h2-6H,7H2,1H3. The Bertz CT molecular complexity index is 760. The Morgan fingerprint density at radius 1 is 1.33 bits per heavy atom. The van der Waals surface area contributed by atoms with E-state index in [1.807, 2.05) is 24.3 Å². The third-order valence-corrected chi connectivity index (χ3v) is 2.62. The Hall–Kier alpha value is -2.50. The fourth-order valence-corrected chi connectivity index (χ4v) is 1.82. The largest absolute Gasteiger partial charge is 0.340 e. The van der Waals surface area contributed by atoms with E-state index in [9.17, 15) is 4.79 Å². The number of hydrogen-bond acceptors (Lipinski definition) is 5. The fourth-order valence-electron chi connectivity index (χ4n) is 1.82. The van der Waals surface area contributed by atoms with Crippen molar-refractivity contribution in [1.82, 2.24) is 19.7 Å². The first-order valence-corrected chi connectivity index (χ1v) is 5.48. The molecule has 0 aliphatic carbocycles. The maximum atomic E-state index is 11.9. The molecule has 0 aliphatic rings. The minimum absolute atomic E-state index is 0.184. The Balaban J connectivity index is 2.16. The van der Waals surface area contributed by atoms with Gasteiger partial charge in [0.15, 0.2) is 5.82 Å². The molecule has 90 valence electrons. The number of hydrogen-bond donors (Lipinski definition) is 0. The number of rotatable bonds is 2. The van der Waals surface area contributed by atoms with E-state index in [1.54, 1.807) is 11.5 Å².